The number of nitrogens with zero attached hydrogens (tertiary/aromatic N) is 2. The molecule has 1 aliphatic rings. The maximum atomic E-state index is 5.20. The number of methoxy groups -OCH3 is 1. The zero-order valence-corrected chi connectivity index (χ0v) is 13.9. The van der Waals surface area contributed by atoms with Crippen molar-refractivity contribution >= 4 is 5.69 Å². The second kappa shape index (κ2) is 8.02. The summed E-state index contributed by atoms with van der Waals surface area (Å²) in [5.74, 6) is 0.936. The molecule has 3 nitrogen and oxygen atoms in total. The topological polar surface area (TPSA) is 15.7 Å². The molecule has 1 heterocycles. The Bertz CT molecular complexity index is 574. The van der Waals surface area contributed by atoms with Gasteiger partial charge in [0, 0.05) is 31.9 Å². The molecule has 0 unspecified atom stereocenters. The number of para-hydroxylation sites is 1. The van der Waals surface area contributed by atoms with Gasteiger partial charge in [-0.15, -0.1) is 0 Å². The largest absolute Gasteiger partial charge is 0.497 e. The Balaban J connectivity index is 1.39. The van der Waals surface area contributed by atoms with Crippen LogP contribution in [0, 0.1) is 0 Å². The van der Waals surface area contributed by atoms with E-state index in [1.165, 1.54) is 24.2 Å². The number of anilines is 1. The van der Waals surface area contributed by atoms with Crippen molar-refractivity contribution in [2.45, 2.75) is 12.8 Å². The summed E-state index contributed by atoms with van der Waals surface area (Å²) in [7, 11) is 1.71. The highest BCUT2D eigenvalue weighted by atomic mass is 16.5. The van der Waals surface area contributed by atoms with E-state index in [-0.39, 0.29) is 0 Å². The molecule has 0 spiro atoms. The normalized spacial score (nSPS) is 15.6. The molecule has 0 atom stereocenters. The van der Waals surface area contributed by atoms with Crippen molar-refractivity contribution in [3.05, 3.63) is 60.2 Å². The predicted molar refractivity (Wildman–Crippen MR) is 96.4 cm³/mol. The Labute approximate surface area is 139 Å². The van der Waals surface area contributed by atoms with Gasteiger partial charge < -0.3 is 9.64 Å². The lowest BCUT2D eigenvalue weighted by atomic mass is 10.1. The fraction of sp³-hybridized carbons (Fsp3) is 0.400. The maximum Gasteiger partial charge on any atom is 0.118 e. The highest BCUT2D eigenvalue weighted by Crippen LogP contribution is 2.16. The van der Waals surface area contributed by atoms with E-state index in [1.54, 1.807) is 7.11 Å². The number of benzene rings is 2. The summed E-state index contributed by atoms with van der Waals surface area (Å²) < 4.78 is 5.20. The van der Waals surface area contributed by atoms with Crippen LogP contribution in [-0.2, 0) is 6.42 Å². The second-order valence-corrected chi connectivity index (χ2v) is 6.12. The number of rotatable bonds is 6. The number of piperazine rings is 1. The van der Waals surface area contributed by atoms with Gasteiger partial charge in [0.05, 0.1) is 7.11 Å². The minimum Gasteiger partial charge on any atom is -0.497 e. The summed E-state index contributed by atoms with van der Waals surface area (Å²) in [6.45, 7) is 5.78. The lowest BCUT2D eigenvalue weighted by Crippen LogP contribution is -2.46. The van der Waals surface area contributed by atoms with Gasteiger partial charge in [-0.1, -0.05) is 30.3 Å². The number of hydrogen-bond acceptors (Lipinski definition) is 3. The second-order valence-electron chi connectivity index (χ2n) is 6.12. The van der Waals surface area contributed by atoms with E-state index in [9.17, 15) is 0 Å². The van der Waals surface area contributed by atoms with E-state index < -0.39 is 0 Å². The Hall–Kier alpha value is -2.00. The Morgan fingerprint density at radius 2 is 1.57 bits per heavy atom. The zero-order valence-electron chi connectivity index (χ0n) is 13.9. The van der Waals surface area contributed by atoms with E-state index in [1.807, 2.05) is 12.1 Å². The van der Waals surface area contributed by atoms with E-state index in [0.717, 1.165) is 38.3 Å². The predicted octanol–water partition coefficient (Wildman–Crippen LogP) is 3.45. The lowest BCUT2D eigenvalue weighted by Gasteiger charge is -2.36. The van der Waals surface area contributed by atoms with Crippen molar-refractivity contribution in [3.8, 4) is 5.75 Å². The molecule has 23 heavy (non-hydrogen) atoms. The van der Waals surface area contributed by atoms with Crippen LogP contribution in [-0.4, -0.2) is 44.7 Å². The Kier molecular flexibility index (Phi) is 5.54. The van der Waals surface area contributed by atoms with Crippen molar-refractivity contribution < 1.29 is 4.74 Å². The number of hydrogen-bond donors (Lipinski definition) is 0. The summed E-state index contributed by atoms with van der Waals surface area (Å²) in [6.07, 6.45) is 2.36. The van der Waals surface area contributed by atoms with Gasteiger partial charge in [-0.2, -0.15) is 0 Å². The zero-order chi connectivity index (χ0) is 15.9. The third kappa shape index (κ3) is 4.49. The van der Waals surface area contributed by atoms with Gasteiger partial charge in [-0.25, -0.2) is 0 Å². The Morgan fingerprint density at radius 1 is 0.870 bits per heavy atom. The molecule has 0 amide bonds. The van der Waals surface area contributed by atoms with Gasteiger partial charge in [-0.3, -0.25) is 4.90 Å². The van der Waals surface area contributed by atoms with Crippen LogP contribution >= 0.6 is 0 Å². The average molecular weight is 310 g/mol. The monoisotopic (exact) mass is 310 g/mol. The molecule has 0 N–H and O–H groups in total. The van der Waals surface area contributed by atoms with Crippen molar-refractivity contribution in [1.82, 2.24) is 4.90 Å². The van der Waals surface area contributed by atoms with Gasteiger partial charge in [-0.05, 0) is 49.2 Å². The van der Waals surface area contributed by atoms with Crippen molar-refractivity contribution in [1.29, 1.82) is 0 Å². The van der Waals surface area contributed by atoms with Gasteiger partial charge in [0.25, 0.3) is 0 Å². The summed E-state index contributed by atoms with van der Waals surface area (Å²) in [4.78, 5) is 5.07. The molecule has 0 radical (unpaired) electrons. The van der Waals surface area contributed by atoms with E-state index in [0.29, 0.717) is 0 Å². The van der Waals surface area contributed by atoms with E-state index in [2.05, 4.69) is 52.3 Å². The standard InChI is InChI=1S/C20H26N2O/c1-23-20-11-9-18(10-12-20)6-5-13-21-14-16-22(17-15-21)19-7-3-2-4-8-19/h2-4,7-12H,5-6,13-17H2,1H3. The van der Waals surface area contributed by atoms with Gasteiger partial charge in [0.15, 0.2) is 0 Å². The average Bonchev–Trinajstić information content (AvgIpc) is 2.64. The first-order valence-electron chi connectivity index (χ1n) is 8.50. The molecule has 2 aromatic rings. The summed E-state index contributed by atoms with van der Waals surface area (Å²) >= 11 is 0. The maximum absolute atomic E-state index is 5.20. The molecule has 0 bridgehead atoms. The molecule has 3 rings (SSSR count). The molecule has 122 valence electrons. The minimum absolute atomic E-state index is 0.936. The third-order valence-corrected chi connectivity index (χ3v) is 4.59. The minimum atomic E-state index is 0.936. The molecular formula is C20H26N2O. The van der Waals surface area contributed by atoms with Crippen LogP contribution < -0.4 is 9.64 Å². The smallest absolute Gasteiger partial charge is 0.118 e. The number of aryl methyl sites for hydroxylation is 1. The quantitative estimate of drug-likeness (QED) is 0.813. The highest BCUT2D eigenvalue weighted by Gasteiger charge is 2.16. The molecular weight excluding hydrogens is 284 g/mol. The molecule has 1 aliphatic heterocycles. The van der Waals surface area contributed by atoms with Crippen LogP contribution in [0.5, 0.6) is 5.75 Å². The van der Waals surface area contributed by atoms with Gasteiger partial charge in [0.1, 0.15) is 5.75 Å². The van der Waals surface area contributed by atoms with Crippen LogP contribution in [0.15, 0.2) is 54.6 Å². The van der Waals surface area contributed by atoms with Gasteiger partial charge in [0.2, 0.25) is 0 Å². The Morgan fingerprint density at radius 3 is 2.22 bits per heavy atom. The lowest BCUT2D eigenvalue weighted by molar-refractivity contribution is 0.255. The van der Waals surface area contributed by atoms with Crippen LogP contribution in [0.25, 0.3) is 0 Å². The molecule has 3 heteroatoms. The van der Waals surface area contributed by atoms with Crippen molar-refractivity contribution in [3.63, 3.8) is 0 Å². The molecule has 0 aliphatic carbocycles. The number of ether oxygens (including phenoxy) is 1. The molecule has 2 aromatic carbocycles. The first-order valence-corrected chi connectivity index (χ1v) is 8.50. The van der Waals surface area contributed by atoms with Crippen LogP contribution in [0.1, 0.15) is 12.0 Å². The summed E-state index contributed by atoms with van der Waals surface area (Å²) in [6, 6.07) is 19.2. The SMILES string of the molecule is COc1ccc(CCCN2CCN(c3ccccc3)CC2)cc1. The molecule has 0 saturated carbocycles. The molecule has 1 fully saturated rings. The van der Waals surface area contributed by atoms with Crippen molar-refractivity contribution in [2.24, 2.45) is 0 Å². The summed E-state index contributed by atoms with van der Waals surface area (Å²) in [5, 5.41) is 0. The van der Waals surface area contributed by atoms with E-state index >= 15 is 0 Å². The van der Waals surface area contributed by atoms with Crippen LogP contribution in [0.2, 0.25) is 0 Å². The van der Waals surface area contributed by atoms with Crippen molar-refractivity contribution in [2.75, 3.05) is 44.7 Å². The fourth-order valence-electron chi connectivity index (χ4n) is 3.17. The van der Waals surface area contributed by atoms with Crippen LogP contribution in [0.3, 0.4) is 0 Å². The summed E-state index contributed by atoms with van der Waals surface area (Å²) in [5.41, 5.74) is 2.75. The molecule has 1 saturated heterocycles. The molecule has 0 aromatic heterocycles. The first kappa shape index (κ1) is 15.9. The fourth-order valence-corrected chi connectivity index (χ4v) is 3.17. The van der Waals surface area contributed by atoms with E-state index in [4.69, 9.17) is 4.74 Å². The third-order valence-electron chi connectivity index (χ3n) is 4.59. The van der Waals surface area contributed by atoms with Gasteiger partial charge >= 0.3 is 0 Å². The van der Waals surface area contributed by atoms with Crippen LogP contribution in [0.4, 0.5) is 5.69 Å². The first-order chi connectivity index (χ1) is 11.3. The highest BCUT2D eigenvalue weighted by molar-refractivity contribution is 5.46.